The summed E-state index contributed by atoms with van der Waals surface area (Å²) in [6.45, 7) is 2.02. The van der Waals surface area contributed by atoms with Crippen LogP contribution in [0.2, 0.25) is 0 Å². The molecule has 0 aromatic heterocycles. The minimum absolute atomic E-state index is 0.0794. The number of nitrogens with zero attached hydrogens (tertiary/aromatic N) is 2. The molecule has 1 unspecified atom stereocenters. The van der Waals surface area contributed by atoms with Crippen LogP contribution in [0.4, 0.5) is 10.1 Å². The minimum atomic E-state index is -0.767. The maximum Gasteiger partial charge on any atom is 0.224 e. The molecule has 1 heterocycles. The molecule has 31 heavy (non-hydrogen) atoms. The summed E-state index contributed by atoms with van der Waals surface area (Å²) in [5.41, 5.74) is 1.63. The summed E-state index contributed by atoms with van der Waals surface area (Å²) in [5.74, 6) is 1.71. The van der Waals surface area contributed by atoms with Gasteiger partial charge in [0.1, 0.15) is 30.0 Å². The third kappa shape index (κ3) is 5.67. The molecule has 2 aromatic rings. The topological polar surface area (TPSA) is 62.2 Å². The molecule has 0 spiro atoms. The SMILES string of the molecule is COc1ccc(OCC(O)CN2CCC(=O)N(CC3CC3)Cc3cc(F)ccc32)cc1. The molecular weight excluding hydrogens is 399 g/mol. The fourth-order valence-electron chi connectivity index (χ4n) is 3.93. The van der Waals surface area contributed by atoms with E-state index in [0.29, 0.717) is 37.7 Å². The van der Waals surface area contributed by atoms with Crippen LogP contribution in [0.15, 0.2) is 42.5 Å². The van der Waals surface area contributed by atoms with Gasteiger partial charge in [0, 0.05) is 38.3 Å². The summed E-state index contributed by atoms with van der Waals surface area (Å²) in [4.78, 5) is 16.5. The van der Waals surface area contributed by atoms with Crippen molar-refractivity contribution in [2.75, 3.05) is 38.3 Å². The Labute approximate surface area is 182 Å². The molecule has 2 aromatic carbocycles. The summed E-state index contributed by atoms with van der Waals surface area (Å²) in [6, 6.07) is 11.8. The molecule has 1 aliphatic carbocycles. The molecule has 7 heteroatoms. The van der Waals surface area contributed by atoms with E-state index >= 15 is 0 Å². The number of aliphatic hydroxyl groups is 1. The predicted molar refractivity (Wildman–Crippen MR) is 116 cm³/mol. The van der Waals surface area contributed by atoms with Crippen molar-refractivity contribution in [1.29, 1.82) is 0 Å². The number of carbonyl (C=O) groups is 1. The number of amides is 1. The first kappa shape index (κ1) is 21.4. The number of hydrogen-bond acceptors (Lipinski definition) is 5. The van der Waals surface area contributed by atoms with E-state index in [-0.39, 0.29) is 18.3 Å². The van der Waals surface area contributed by atoms with Gasteiger partial charge in [-0.3, -0.25) is 4.79 Å². The van der Waals surface area contributed by atoms with Crippen LogP contribution < -0.4 is 14.4 Å². The van der Waals surface area contributed by atoms with Gasteiger partial charge in [0.05, 0.1) is 7.11 Å². The second-order valence-corrected chi connectivity index (χ2v) is 8.33. The zero-order valence-electron chi connectivity index (χ0n) is 17.8. The van der Waals surface area contributed by atoms with Gasteiger partial charge in [-0.15, -0.1) is 0 Å². The van der Waals surface area contributed by atoms with E-state index in [4.69, 9.17) is 9.47 Å². The zero-order chi connectivity index (χ0) is 21.8. The quantitative estimate of drug-likeness (QED) is 0.700. The third-order valence-corrected chi connectivity index (χ3v) is 5.80. The average Bonchev–Trinajstić information content (AvgIpc) is 3.58. The largest absolute Gasteiger partial charge is 0.497 e. The molecule has 1 atom stereocenters. The number of fused-ring (bicyclic) bond motifs is 1. The monoisotopic (exact) mass is 428 g/mol. The highest BCUT2D eigenvalue weighted by Crippen LogP contribution is 2.32. The Morgan fingerprint density at radius 3 is 2.58 bits per heavy atom. The Morgan fingerprint density at radius 2 is 1.87 bits per heavy atom. The van der Waals surface area contributed by atoms with E-state index in [1.165, 1.54) is 12.1 Å². The Hall–Kier alpha value is -2.80. The molecule has 1 aliphatic heterocycles. The van der Waals surface area contributed by atoms with Crippen molar-refractivity contribution in [3.63, 3.8) is 0 Å². The summed E-state index contributed by atoms with van der Waals surface area (Å²) in [7, 11) is 1.60. The molecule has 0 bridgehead atoms. The highest BCUT2D eigenvalue weighted by molar-refractivity contribution is 5.78. The number of methoxy groups -OCH3 is 1. The summed E-state index contributed by atoms with van der Waals surface area (Å²) >= 11 is 0. The maximum absolute atomic E-state index is 14.0. The fourth-order valence-corrected chi connectivity index (χ4v) is 3.93. The van der Waals surface area contributed by atoms with Crippen molar-refractivity contribution in [3.05, 3.63) is 53.8 Å². The van der Waals surface area contributed by atoms with E-state index in [0.717, 1.165) is 36.4 Å². The van der Waals surface area contributed by atoms with E-state index in [1.54, 1.807) is 37.4 Å². The van der Waals surface area contributed by atoms with Gasteiger partial charge < -0.3 is 24.4 Å². The van der Waals surface area contributed by atoms with E-state index in [9.17, 15) is 14.3 Å². The Kier molecular flexibility index (Phi) is 6.61. The molecule has 1 saturated carbocycles. The van der Waals surface area contributed by atoms with Crippen LogP contribution in [0.3, 0.4) is 0 Å². The molecule has 2 aliphatic rings. The minimum Gasteiger partial charge on any atom is -0.497 e. The lowest BCUT2D eigenvalue weighted by molar-refractivity contribution is -0.132. The number of hydrogen-bond donors (Lipinski definition) is 1. The van der Waals surface area contributed by atoms with Gasteiger partial charge in [0.25, 0.3) is 0 Å². The van der Waals surface area contributed by atoms with Crippen LogP contribution in [-0.2, 0) is 11.3 Å². The molecule has 1 N–H and O–H groups in total. The highest BCUT2D eigenvalue weighted by Gasteiger charge is 2.29. The lowest BCUT2D eigenvalue weighted by Gasteiger charge is -2.34. The van der Waals surface area contributed by atoms with Gasteiger partial charge in [-0.05, 0) is 66.8 Å². The van der Waals surface area contributed by atoms with Crippen LogP contribution in [-0.4, -0.2) is 55.4 Å². The smallest absolute Gasteiger partial charge is 0.224 e. The highest BCUT2D eigenvalue weighted by atomic mass is 19.1. The van der Waals surface area contributed by atoms with Crippen LogP contribution in [0.5, 0.6) is 11.5 Å². The molecule has 6 nitrogen and oxygen atoms in total. The van der Waals surface area contributed by atoms with Crippen molar-refractivity contribution >= 4 is 11.6 Å². The number of halogens is 1. The van der Waals surface area contributed by atoms with Crippen LogP contribution in [0.25, 0.3) is 0 Å². The van der Waals surface area contributed by atoms with Crippen molar-refractivity contribution in [2.24, 2.45) is 5.92 Å². The van der Waals surface area contributed by atoms with E-state index < -0.39 is 6.10 Å². The molecule has 166 valence electrons. The van der Waals surface area contributed by atoms with Crippen molar-refractivity contribution in [1.82, 2.24) is 4.90 Å². The lowest BCUT2D eigenvalue weighted by atomic mass is 10.1. The average molecular weight is 429 g/mol. The van der Waals surface area contributed by atoms with Gasteiger partial charge in [-0.25, -0.2) is 4.39 Å². The fraction of sp³-hybridized carbons (Fsp3) is 0.458. The Morgan fingerprint density at radius 1 is 1.13 bits per heavy atom. The van der Waals surface area contributed by atoms with Gasteiger partial charge in [-0.1, -0.05) is 0 Å². The first-order valence-electron chi connectivity index (χ1n) is 10.8. The van der Waals surface area contributed by atoms with Crippen LogP contribution in [0.1, 0.15) is 24.8 Å². The van der Waals surface area contributed by atoms with Gasteiger partial charge in [0.2, 0.25) is 5.91 Å². The number of β-amino-alcohol motifs (C(OH)–C–C–N with tert-alkyl or cyclic N) is 1. The zero-order valence-corrected chi connectivity index (χ0v) is 17.8. The standard InChI is InChI=1S/C24H29FN2O4/c1-30-21-5-7-22(8-6-21)31-16-20(28)15-26-11-10-24(29)27(13-17-2-3-17)14-18-12-19(25)4-9-23(18)26/h4-9,12,17,20,28H,2-3,10-11,13-16H2,1H3. The van der Waals surface area contributed by atoms with E-state index in [1.807, 2.05) is 9.80 Å². The summed E-state index contributed by atoms with van der Waals surface area (Å²) in [5, 5.41) is 10.6. The second-order valence-electron chi connectivity index (χ2n) is 8.33. The third-order valence-electron chi connectivity index (χ3n) is 5.80. The lowest BCUT2D eigenvalue weighted by Crippen LogP contribution is -2.42. The number of aliphatic hydroxyl groups excluding tert-OH is 1. The van der Waals surface area contributed by atoms with Gasteiger partial charge >= 0.3 is 0 Å². The molecule has 1 amide bonds. The first-order valence-corrected chi connectivity index (χ1v) is 10.8. The van der Waals surface area contributed by atoms with Crippen LogP contribution >= 0.6 is 0 Å². The molecule has 4 rings (SSSR count). The van der Waals surface area contributed by atoms with Crippen molar-refractivity contribution < 1.29 is 23.8 Å². The normalized spacial score (nSPS) is 17.6. The molecule has 0 radical (unpaired) electrons. The number of ether oxygens (including phenoxy) is 2. The molecular formula is C24H29FN2O4. The maximum atomic E-state index is 14.0. The van der Waals surface area contributed by atoms with Gasteiger partial charge in [0.15, 0.2) is 0 Å². The second kappa shape index (κ2) is 9.56. The van der Waals surface area contributed by atoms with Gasteiger partial charge in [-0.2, -0.15) is 0 Å². The Bertz CT molecular complexity index is 901. The molecule has 1 fully saturated rings. The summed E-state index contributed by atoms with van der Waals surface area (Å²) in [6.07, 6.45) is 1.92. The van der Waals surface area contributed by atoms with Crippen LogP contribution in [0, 0.1) is 11.7 Å². The van der Waals surface area contributed by atoms with Crippen molar-refractivity contribution in [2.45, 2.75) is 31.9 Å². The summed E-state index contributed by atoms with van der Waals surface area (Å²) < 4.78 is 24.8. The molecule has 0 saturated heterocycles. The number of anilines is 1. The first-order chi connectivity index (χ1) is 15.0. The Balaban J connectivity index is 1.43. The van der Waals surface area contributed by atoms with E-state index in [2.05, 4.69) is 0 Å². The number of benzene rings is 2. The predicted octanol–water partition coefficient (Wildman–Crippen LogP) is 3.22. The number of rotatable bonds is 8. The van der Waals surface area contributed by atoms with Crippen molar-refractivity contribution in [3.8, 4) is 11.5 Å². The number of carbonyl (C=O) groups excluding carboxylic acids is 1.